The predicted octanol–water partition coefficient (Wildman–Crippen LogP) is 0.101. The predicted molar refractivity (Wildman–Crippen MR) is 72.2 cm³/mol. The minimum Gasteiger partial charge on any atom is -0.479 e. The highest BCUT2D eigenvalue weighted by atomic mass is 16.4. The summed E-state index contributed by atoms with van der Waals surface area (Å²) in [7, 11) is 1.66. The van der Waals surface area contributed by atoms with E-state index in [1.807, 2.05) is 12.1 Å². The van der Waals surface area contributed by atoms with Gasteiger partial charge in [-0.05, 0) is 24.1 Å². The smallest absolute Gasteiger partial charge is 0.332 e. The second-order valence-corrected chi connectivity index (χ2v) is 4.40. The number of urea groups is 1. The van der Waals surface area contributed by atoms with E-state index in [4.69, 9.17) is 10.2 Å². The Morgan fingerprint density at radius 2 is 2.05 bits per heavy atom. The fourth-order valence-corrected chi connectivity index (χ4v) is 1.52. The summed E-state index contributed by atoms with van der Waals surface area (Å²) in [4.78, 5) is 27.5. The van der Waals surface area contributed by atoms with E-state index >= 15 is 0 Å². The van der Waals surface area contributed by atoms with E-state index in [-0.39, 0.29) is 19.0 Å². The Morgan fingerprint density at radius 1 is 1.40 bits per heavy atom. The van der Waals surface area contributed by atoms with E-state index in [1.165, 1.54) is 4.90 Å². The third-order valence-corrected chi connectivity index (χ3v) is 2.81. The number of hydrogen-bond donors (Lipinski definition) is 3. The number of aliphatic carboxylic acids is 1. The van der Waals surface area contributed by atoms with Crippen molar-refractivity contribution in [2.24, 2.45) is 0 Å². The molecular weight excluding hydrogens is 262 g/mol. The van der Waals surface area contributed by atoms with Crippen molar-refractivity contribution in [2.75, 3.05) is 20.1 Å². The summed E-state index contributed by atoms with van der Waals surface area (Å²) in [6, 6.07) is 3.47. The van der Waals surface area contributed by atoms with Crippen LogP contribution in [0.5, 0.6) is 0 Å². The molecule has 110 valence electrons. The first kappa shape index (κ1) is 15.9. The molecule has 1 aromatic heterocycles. The molecule has 0 aliphatic rings. The number of likely N-dealkylation sites (N-methyl/N-ethyl adjacent to an activating group) is 1. The third kappa shape index (κ3) is 5.66. The molecule has 0 saturated heterocycles. The average molecular weight is 281 g/mol. The molecule has 1 aromatic rings. The van der Waals surface area contributed by atoms with Crippen LogP contribution in [0.3, 0.4) is 0 Å². The van der Waals surface area contributed by atoms with Crippen LogP contribution in [-0.4, -0.2) is 58.3 Å². The summed E-state index contributed by atoms with van der Waals surface area (Å²) in [6.45, 7) is 0.656. The minimum absolute atomic E-state index is 0.0146. The Bertz CT molecular complexity index is 439. The van der Waals surface area contributed by atoms with Gasteiger partial charge in [0.05, 0.1) is 0 Å². The van der Waals surface area contributed by atoms with Crippen LogP contribution in [0.4, 0.5) is 4.79 Å². The Balaban J connectivity index is 2.24. The zero-order valence-electron chi connectivity index (χ0n) is 11.3. The van der Waals surface area contributed by atoms with Crippen LogP contribution in [-0.2, 0) is 11.2 Å². The number of aliphatic hydroxyl groups is 1. The highest BCUT2D eigenvalue weighted by Crippen LogP contribution is 1.99. The number of carboxylic acid groups (broad SMARTS) is 1. The zero-order valence-corrected chi connectivity index (χ0v) is 11.3. The molecule has 20 heavy (non-hydrogen) atoms. The van der Waals surface area contributed by atoms with E-state index < -0.39 is 12.1 Å². The van der Waals surface area contributed by atoms with Gasteiger partial charge in [0.1, 0.15) is 0 Å². The molecule has 0 aromatic carbocycles. The van der Waals surface area contributed by atoms with Crippen molar-refractivity contribution in [1.82, 2.24) is 15.2 Å². The van der Waals surface area contributed by atoms with E-state index in [0.29, 0.717) is 13.0 Å². The summed E-state index contributed by atoms with van der Waals surface area (Å²) >= 11 is 0. The topological polar surface area (TPSA) is 103 Å². The molecule has 1 atom stereocenters. The van der Waals surface area contributed by atoms with Crippen molar-refractivity contribution in [3.8, 4) is 0 Å². The number of amides is 2. The number of carboxylic acids is 1. The van der Waals surface area contributed by atoms with Crippen LogP contribution in [0.2, 0.25) is 0 Å². The molecule has 1 heterocycles. The normalized spacial score (nSPS) is 11.7. The van der Waals surface area contributed by atoms with Gasteiger partial charge in [0.25, 0.3) is 0 Å². The van der Waals surface area contributed by atoms with Crippen molar-refractivity contribution in [3.05, 3.63) is 30.1 Å². The first-order valence-electron chi connectivity index (χ1n) is 6.29. The van der Waals surface area contributed by atoms with Crippen LogP contribution in [0.1, 0.15) is 12.0 Å². The van der Waals surface area contributed by atoms with Gasteiger partial charge in [-0.3, -0.25) is 4.98 Å². The summed E-state index contributed by atoms with van der Waals surface area (Å²) < 4.78 is 0. The van der Waals surface area contributed by atoms with E-state index in [2.05, 4.69) is 10.3 Å². The number of nitrogens with zero attached hydrogens (tertiary/aromatic N) is 2. The minimum atomic E-state index is -1.45. The molecule has 0 fully saturated rings. The quantitative estimate of drug-likeness (QED) is 0.658. The first-order chi connectivity index (χ1) is 9.50. The molecule has 1 rings (SSSR count). The number of aromatic nitrogens is 1. The van der Waals surface area contributed by atoms with Crippen LogP contribution < -0.4 is 5.32 Å². The number of carbonyl (C=O) groups excluding carboxylic acids is 1. The SMILES string of the molecule is CN(CCc1ccncc1)C(=O)NCCC(O)C(=O)O. The molecule has 0 spiro atoms. The van der Waals surface area contributed by atoms with Crippen LogP contribution in [0.25, 0.3) is 0 Å². The molecule has 0 aliphatic heterocycles. The van der Waals surface area contributed by atoms with E-state index in [9.17, 15) is 9.59 Å². The molecule has 7 heteroatoms. The maximum Gasteiger partial charge on any atom is 0.332 e. The lowest BCUT2D eigenvalue weighted by Gasteiger charge is -2.18. The van der Waals surface area contributed by atoms with Gasteiger partial charge in [0.15, 0.2) is 6.10 Å². The van der Waals surface area contributed by atoms with Gasteiger partial charge in [-0.25, -0.2) is 9.59 Å². The lowest BCUT2D eigenvalue weighted by atomic mass is 10.2. The van der Waals surface area contributed by atoms with Crippen molar-refractivity contribution < 1.29 is 19.8 Å². The van der Waals surface area contributed by atoms with Gasteiger partial charge in [0.2, 0.25) is 0 Å². The summed E-state index contributed by atoms with van der Waals surface area (Å²) in [5.74, 6) is -1.29. The van der Waals surface area contributed by atoms with Gasteiger partial charge < -0.3 is 20.4 Å². The Hall–Kier alpha value is -2.15. The molecule has 0 radical (unpaired) electrons. The monoisotopic (exact) mass is 281 g/mol. The highest BCUT2D eigenvalue weighted by Gasteiger charge is 2.14. The second-order valence-electron chi connectivity index (χ2n) is 4.40. The zero-order chi connectivity index (χ0) is 15.0. The Kier molecular flexibility index (Phi) is 6.45. The maximum atomic E-state index is 11.7. The fourth-order valence-electron chi connectivity index (χ4n) is 1.52. The average Bonchev–Trinajstić information content (AvgIpc) is 2.45. The van der Waals surface area contributed by atoms with Crippen molar-refractivity contribution >= 4 is 12.0 Å². The standard InChI is InChI=1S/C13H19N3O4/c1-16(9-5-10-2-6-14-7-3-10)13(20)15-8-4-11(17)12(18)19/h2-3,6-7,11,17H,4-5,8-9H2,1H3,(H,15,20)(H,18,19). The molecule has 1 unspecified atom stereocenters. The number of rotatable bonds is 7. The number of aliphatic hydroxyl groups excluding tert-OH is 1. The van der Waals surface area contributed by atoms with E-state index in [0.717, 1.165) is 5.56 Å². The summed E-state index contributed by atoms with van der Waals surface area (Å²) in [5.41, 5.74) is 1.08. The maximum absolute atomic E-state index is 11.7. The van der Waals surface area contributed by atoms with Gasteiger partial charge in [-0.1, -0.05) is 0 Å². The number of carbonyl (C=O) groups is 2. The molecular formula is C13H19N3O4. The van der Waals surface area contributed by atoms with Crippen LogP contribution in [0.15, 0.2) is 24.5 Å². The summed E-state index contributed by atoms with van der Waals surface area (Å²) in [6.07, 6.45) is 2.65. The summed E-state index contributed by atoms with van der Waals surface area (Å²) in [5, 5.41) is 20.1. The highest BCUT2D eigenvalue weighted by molar-refractivity contribution is 5.74. The van der Waals surface area contributed by atoms with Gasteiger partial charge in [-0.15, -0.1) is 0 Å². The van der Waals surface area contributed by atoms with Crippen molar-refractivity contribution in [1.29, 1.82) is 0 Å². The number of hydrogen-bond acceptors (Lipinski definition) is 4. The number of pyridine rings is 1. The van der Waals surface area contributed by atoms with Gasteiger partial charge >= 0.3 is 12.0 Å². The van der Waals surface area contributed by atoms with E-state index in [1.54, 1.807) is 19.4 Å². The molecule has 0 saturated carbocycles. The van der Waals surface area contributed by atoms with Crippen molar-refractivity contribution in [3.63, 3.8) is 0 Å². The van der Waals surface area contributed by atoms with Crippen molar-refractivity contribution in [2.45, 2.75) is 18.9 Å². The lowest BCUT2D eigenvalue weighted by Crippen LogP contribution is -2.40. The fraction of sp³-hybridized carbons (Fsp3) is 0.462. The molecule has 3 N–H and O–H groups in total. The molecule has 0 aliphatic carbocycles. The third-order valence-electron chi connectivity index (χ3n) is 2.81. The second kappa shape index (κ2) is 8.11. The first-order valence-corrected chi connectivity index (χ1v) is 6.29. The molecule has 2 amide bonds. The lowest BCUT2D eigenvalue weighted by molar-refractivity contribution is -0.146. The Labute approximate surface area is 117 Å². The number of nitrogens with one attached hydrogen (secondary N) is 1. The van der Waals surface area contributed by atoms with Crippen LogP contribution in [0, 0.1) is 0 Å². The molecule has 7 nitrogen and oxygen atoms in total. The van der Waals surface area contributed by atoms with Gasteiger partial charge in [-0.2, -0.15) is 0 Å². The molecule has 0 bridgehead atoms. The Morgan fingerprint density at radius 3 is 2.65 bits per heavy atom. The van der Waals surface area contributed by atoms with Gasteiger partial charge in [0, 0.05) is 39.0 Å². The van der Waals surface area contributed by atoms with Crippen LogP contribution >= 0.6 is 0 Å². The largest absolute Gasteiger partial charge is 0.479 e.